The van der Waals surface area contributed by atoms with Gasteiger partial charge in [0.25, 0.3) is 5.91 Å². The second-order valence-corrected chi connectivity index (χ2v) is 5.88. The molecular weight excluding hydrogens is 314 g/mol. The number of benzene rings is 2. The maximum atomic E-state index is 12.3. The Morgan fingerprint density at radius 3 is 2.70 bits per heavy atom. The predicted molar refractivity (Wildman–Crippen MR) is 88.8 cm³/mol. The number of carbonyl (C=O) groups excluding carboxylic acids is 2. The molecule has 1 heterocycles. The number of rotatable bonds is 3. The summed E-state index contributed by atoms with van der Waals surface area (Å²) in [5.74, 6) is -0.793. The smallest absolute Gasteiger partial charge is 0.339 e. The summed E-state index contributed by atoms with van der Waals surface area (Å²) >= 11 is 5.82. The van der Waals surface area contributed by atoms with Gasteiger partial charge >= 0.3 is 5.97 Å². The van der Waals surface area contributed by atoms with Gasteiger partial charge in [-0.15, -0.1) is 0 Å². The number of aryl methyl sites for hydroxylation is 1. The van der Waals surface area contributed by atoms with Crippen LogP contribution in [0.5, 0.6) is 0 Å². The minimum absolute atomic E-state index is 0.340. The Hall–Kier alpha value is -2.33. The van der Waals surface area contributed by atoms with Gasteiger partial charge in [0, 0.05) is 17.1 Å². The number of amides is 1. The number of hydrogen-bond acceptors (Lipinski definition) is 3. The SMILES string of the molecule is CCc1ccc2c(c1)CC(C(=O)Nc1ccc(Cl)cc1)OC2=O. The molecule has 0 spiro atoms. The molecule has 0 fully saturated rings. The number of cyclic esters (lactones) is 1. The van der Waals surface area contributed by atoms with Gasteiger partial charge in [-0.05, 0) is 47.9 Å². The lowest BCUT2D eigenvalue weighted by Crippen LogP contribution is -2.38. The molecule has 1 atom stereocenters. The van der Waals surface area contributed by atoms with E-state index in [4.69, 9.17) is 16.3 Å². The van der Waals surface area contributed by atoms with Crippen molar-refractivity contribution in [1.29, 1.82) is 0 Å². The molecule has 0 bridgehead atoms. The Labute approximate surface area is 139 Å². The van der Waals surface area contributed by atoms with E-state index in [2.05, 4.69) is 5.32 Å². The first-order valence-corrected chi connectivity index (χ1v) is 7.84. The van der Waals surface area contributed by atoms with Gasteiger partial charge in [-0.1, -0.05) is 30.7 Å². The number of halogens is 1. The van der Waals surface area contributed by atoms with E-state index in [0.717, 1.165) is 17.5 Å². The Kier molecular flexibility index (Phi) is 4.35. The van der Waals surface area contributed by atoms with E-state index in [9.17, 15) is 9.59 Å². The average molecular weight is 330 g/mol. The lowest BCUT2D eigenvalue weighted by Gasteiger charge is -2.24. The number of fused-ring (bicyclic) bond motifs is 1. The maximum absolute atomic E-state index is 12.3. The average Bonchev–Trinajstić information content (AvgIpc) is 2.56. The lowest BCUT2D eigenvalue weighted by molar-refractivity contribution is -0.125. The number of esters is 1. The minimum Gasteiger partial charge on any atom is -0.448 e. The summed E-state index contributed by atoms with van der Waals surface area (Å²) < 4.78 is 5.27. The molecular formula is C18H16ClNO3. The summed E-state index contributed by atoms with van der Waals surface area (Å²) in [6, 6.07) is 12.4. The van der Waals surface area contributed by atoms with Gasteiger partial charge in [0.15, 0.2) is 6.10 Å². The first-order valence-electron chi connectivity index (χ1n) is 7.46. The fourth-order valence-electron chi connectivity index (χ4n) is 2.57. The molecule has 1 aliphatic rings. The second kappa shape index (κ2) is 6.42. The molecule has 4 nitrogen and oxygen atoms in total. The van der Waals surface area contributed by atoms with Crippen molar-refractivity contribution in [2.45, 2.75) is 25.9 Å². The van der Waals surface area contributed by atoms with E-state index in [0.29, 0.717) is 22.7 Å². The predicted octanol–water partition coefficient (Wildman–Crippen LogP) is 3.62. The largest absolute Gasteiger partial charge is 0.448 e. The van der Waals surface area contributed by atoms with Crippen LogP contribution in [0.4, 0.5) is 5.69 Å². The van der Waals surface area contributed by atoms with Gasteiger partial charge < -0.3 is 10.1 Å². The highest BCUT2D eigenvalue weighted by Gasteiger charge is 2.31. The van der Waals surface area contributed by atoms with Gasteiger partial charge in [0.05, 0.1) is 5.56 Å². The fourth-order valence-corrected chi connectivity index (χ4v) is 2.70. The molecule has 1 aliphatic heterocycles. The van der Waals surface area contributed by atoms with E-state index < -0.39 is 12.1 Å². The molecule has 2 aromatic rings. The Morgan fingerprint density at radius 1 is 1.26 bits per heavy atom. The third-order valence-corrected chi connectivity index (χ3v) is 4.11. The minimum atomic E-state index is -0.821. The van der Waals surface area contributed by atoms with Gasteiger partial charge in [0.2, 0.25) is 0 Å². The van der Waals surface area contributed by atoms with Crippen molar-refractivity contribution in [3.63, 3.8) is 0 Å². The molecule has 1 N–H and O–H groups in total. The van der Waals surface area contributed by atoms with Crippen LogP contribution < -0.4 is 5.32 Å². The van der Waals surface area contributed by atoms with Gasteiger partial charge in [-0.2, -0.15) is 0 Å². The van der Waals surface area contributed by atoms with Crippen molar-refractivity contribution in [3.8, 4) is 0 Å². The number of anilines is 1. The molecule has 118 valence electrons. The summed E-state index contributed by atoms with van der Waals surface area (Å²) in [7, 11) is 0. The molecule has 1 unspecified atom stereocenters. The molecule has 5 heteroatoms. The van der Waals surface area contributed by atoms with Crippen LogP contribution in [0.1, 0.15) is 28.4 Å². The van der Waals surface area contributed by atoms with Crippen LogP contribution in [-0.2, 0) is 22.4 Å². The van der Waals surface area contributed by atoms with Crippen molar-refractivity contribution in [3.05, 3.63) is 64.2 Å². The molecule has 0 saturated heterocycles. The van der Waals surface area contributed by atoms with Crippen LogP contribution in [0.25, 0.3) is 0 Å². The normalized spacial score (nSPS) is 16.4. The van der Waals surface area contributed by atoms with Crippen LogP contribution in [0, 0.1) is 0 Å². The van der Waals surface area contributed by atoms with E-state index in [1.165, 1.54) is 0 Å². The first-order chi connectivity index (χ1) is 11.1. The van der Waals surface area contributed by atoms with E-state index in [-0.39, 0.29) is 5.91 Å². The molecule has 0 aliphatic carbocycles. The van der Waals surface area contributed by atoms with E-state index in [1.54, 1.807) is 30.3 Å². The zero-order valence-corrected chi connectivity index (χ0v) is 13.4. The Morgan fingerprint density at radius 2 is 2.00 bits per heavy atom. The fraction of sp³-hybridized carbons (Fsp3) is 0.222. The van der Waals surface area contributed by atoms with Crippen LogP contribution in [-0.4, -0.2) is 18.0 Å². The third kappa shape index (κ3) is 3.37. The van der Waals surface area contributed by atoms with Gasteiger partial charge in [0.1, 0.15) is 0 Å². The highest BCUT2D eigenvalue weighted by molar-refractivity contribution is 6.30. The summed E-state index contributed by atoms with van der Waals surface area (Å²) in [4.78, 5) is 24.4. The highest BCUT2D eigenvalue weighted by Crippen LogP contribution is 2.23. The van der Waals surface area contributed by atoms with Crippen LogP contribution in [0.3, 0.4) is 0 Å². The zero-order valence-electron chi connectivity index (χ0n) is 12.6. The summed E-state index contributed by atoms with van der Waals surface area (Å²) in [6.45, 7) is 2.05. The third-order valence-electron chi connectivity index (χ3n) is 3.86. The van der Waals surface area contributed by atoms with Crippen molar-refractivity contribution >= 4 is 29.2 Å². The van der Waals surface area contributed by atoms with Crippen LogP contribution in [0.2, 0.25) is 5.02 Å². The number of ether oxygens (including phenoxy) is 1. The molecule has 0 aromatic heterocycles. The first kappa shape index (κ1) is 15.6. The topological polar surface area (TPSA) is 55.4 Å². The number of nitrogens with one attached hydrogen (secondary N) is 1. The quantitative estimate of drug-likeness (QED) is 0.875. The zero-order chi connectivity index (χ0) is 16.4. The molecule has 2 aromatic carbocycles. The summed E-state index contributed by atoms with van der Waals surface area (Å²) in [5, 5.41) is 3.33. The van der Waals surface area contributed by atoms with Gasteiger partial charge in [-0.3, -0.25) is 4.79 Å². The molecule has 23 heavy (non-hydrogen) atoms. The summed E-state index contributed by atoms with van der Waals surface area (Å²) in [6.07, 6.45) is 0.441. The maximum Gasteiger partial charge on any atom is 0.339 e. The molecule has 0 saturated carbocycles. The second-order valence-electron chi connectivity index (χ2n) is 5.44. The van der Waals surface area contributed by atoms with Crippen LogP contribution in [0.15, 0.2) is 42.5 Å². The highest BCUT2D eigenvalue weighted by atomic mass is 35.5. The standard InChI is InChI=1S/C18H16ClNO3/c1-2-11-3-8-15-12(9-11)10-16(23-18(15)22)17(21)20-14-6-4-13(19)5-7-14/h3-9,16H,2,10H2,1H3,(H,20,21). The van der Waals surface area contributed by atoms with Crippen molar-refractivity contribution in [2.75, 3.05) is 5.32 Å². The van der Waals surface area contributed by atoms with Crippen molar-refractivity contribution in [2.24, 2.45) is 0 Å². The monoisotopic (exact) mass is 329 g/mol. The number of hydrogen-bond donors (Lipinski definition) is 1. The van der Waals surface area contributed by atoms with E-state index >= 15 is 0 Å². The van der Waals surface area contributed by atoms with Crippen molar-refractivity contribution in [1.82, 2.24) is 0 Å². The number of carbonyl (C=O) groups is 2. The Bertz CT molecular complexity index is 755. The Balaban J connectivity index is 1.77. The van der Waals surface area contributed by atoms with E-state index in [1.807, 2.05) is 19.1 Å². The molecule has 3 rings (SSSR count). The van der Waals surface area contributed by atoms with Crippen molar-refractivity contribution < 1.29 is 14.3 Å². The summed E-state index contributed by atoms with van der Waals surface area (Å²) in [5.41, 5.74) is 3.15. The molecule has 0 radical (unpaired) electrons. The van der Waals surface area contributed by atoms with Crippen LogP contribution >= 0.6 is 11.6 Å². The molecule has 1 amide bonds. The van der Waals surface area contributed by atoms with Gasteiger partial charge in [-0.25, -0.2) is 4.79 Å². The lowest BCUT2D eigenvalue weighted by atomic mass is 9.95.